The Kier molecular flexibility index (Phi) is 7.16. The van der Waals surface area contributed by atoms with Gasteiger partial charge in [0.1, 0.15) is 0 Å². The molecule has 0 fully saturated rings. The number of carbonyl (C=O) groups excluding carboxylic acids is 1. The largest absolute Gasteiger partial charge is 0.463 e. The molecular formula is C9H15BrO2. The normalized spacial score (nSPS) is 11.4. The average molecular weight is 235 g/mol. The molecule has 0 spiro atoms. The van der Waals surface area contributed by atoms with Crippen molar-refractivity contribution in [3.63, 3.8) is 0 Å². The van der Waals surface area contributed by atoms with Crippen LogP contribution < -0.4 is 0 Å². The average Bonchev–Trinajstić information content (AvgIpc) is 2.05. The third kappa shape index (κ3) is 5.35. The van der Waals surface area contributed by atoms with Crippen LogP contribution in [0, 0.1) is 0 Å². The third-order valence-electron chi connectivity index (χ3n) is 1.39. The molecule has 0 aromatic heterocycles. The molecule has 0 aromatic rings. The Labute approximate surface area is 82.1 Å². The zero-order valence-electron chi connectivity index (χ0n) is 7.60. The number of rotatable bonds is 5. The van der Waals surface area contributed by atoms with Crippen molar-refractivity contribution in [3.8, 4) is 0 Å². The summed E-state index contributed by atoms with van der Waals surface area (Å²) in [6, 6.07) is 0. The maximum absolute atomic E-state index is 11.0. The van der Waals surface area contributed by atoms with Gasteiger partial charge in [0, 0.05) is 10.9 Å². The van der Waals surface area contributed by atoms with Gasteiger partial charge in [-0.05, 0) is 26.7 Å². The first-order valence-electron chi connectivity index (χ1n) is 4.12. The van der Waals surface area contributed by atoms with E-state index in [0.717, 1.165) is 18.2 Å². The van der Waals surface area contributed by atoms with Gasteiger partial charge in [0.15, 0.2) is 0 Å². The van der Waals surface area contributed by atoms with Gasteiger partial charge in [-0.3, -0.25) is 0 Å². The van der Waals surface area contributed by atoms with Gasteiger partial charge in [-0.1, -0.05) is 22.0 Å². The van der Waals surface area contributed by atoms with Gasteiger partial charge in [0.05, 0.1) is 6.61 Å². The van der Waals surface area contributed by atoms with Crippen LogP contribution in [-0.4, -0.2) is 17.9 Å². The Morgan fingerprint density at radius 2 is 2.25 bits per heavy atom. The predicted molar refractivity (Wildman–Crippen MR) is 53.4 cm³/mol. The number of esters is 1. The van der Waals surface area contributed by atoms with Gasteiger partial charge in [-0.2, -0.15) is 0 Å². The number of unbranched alkanes of at least 4 members (excludes halogenated alkanes) is 1. The molecule has 0 N–H and O–H groups in total. The highest BCUT2D eigenvalue weighted by Crippen LogP contribution is 2.02. The van der Waals surface area contributed by atoms with Gasteiger partial charge < -0.3 is 4.74 Å². The Hall–Kier alpha value is -0.310. The van der Waals surface area contributed by atoms with E-state index in [-0.39, 0.29) is 5.97 Å². The molecule has 0 aromatic carbocycles. The van der Waals surface area contributed by atoms with Crippen molar-refractivity contribution in [1.29, 1.82) is 0 Å². The van der Waals surface area contributed by atoms with Crippen LogP contribution in [0.3, 0.4) is 0 Å². The summed E-state index contributed by atoms with van der Waals surface area (Å²) in [4.78, 5) is 11.0. The summed E-state index contributed by atoms with van der Waals surface area (Å²) in [7, 11) is 0. The number of carbonyl (C=O) groups is 1. The lowest BCUT2D eigenvalue weighted by atomic mass is 10.2. The Morgan fingerprint density at radius 1 is 1.58 bits per heavy atom. The molecule has 12 heavy (non-hydrogen) atoms. The van der Waals surface area contributed by atoms with E-state index in [1.165, 1.54) is 0 Å². The molecule has 0 aliphatic heterocycles. The summed E-state index contributed by atoms with van der Waals surface area (Å²) in [5.41, 5.74) is 0.706. The van der Waals surface area contributed by atoms with E-state index in [9.17, 15) is 4.79 Å². The van der Waals surface area contributed by atoms with E-state index in [1.54, 1.807) is 6.92 Å². The second kappa shape index (κ2) is 7.35. The molecule has 0 saturated heterocycles. The second-order valence-corrected chi connectivity index (χ2v) is 3.23. The van der Waals surface area contributed by atoms with Crippen LogP contribution in [0.2, 0.25) is 0 Å². The van der Waals surface area contributed by atoms with E-state index in [1.807, 2.05) is 13.0 Å². The molecule has 0 bridgehead atoms. The molecule has 2 nitrogen and oxygen atoms in total. The fraction of sp³-hybridized carbons (Fsp3) is 0.667. The number of hydrogen-bond donors (Lipinski definition) is 0. The van der Waals surface area contributed by atoms with Crippen LogP contribution in [-0.2, 0) is 9.53 Å². The summed E-state index contributed by atoms with van der Waals surface area (Å²) in [5.74, 6) is -0.202. The number of halogens is 1. The van der Waals surface area contributed by atoms with Crippen molar-refractivity contribution in [2.45, 2.75) is 26.7 Å². The van der Waals surface area contributed by atoms with Gasteiger partial charge >= 0.3 is 5.97 Å². The Bertz CT molecular complexity index is 164. The number of allylic oxidation sites excluding steroid dienone is 1. The molecule has 0 aliphatic carbocycles. The highest BCUT2D eigenvalue weighted by molar-refractivity contribution is 9.09. The zero-order valence-corrected chi connectivity index (χ0v) is 9.19. The van der Waals surface area contributed by atoms with Crippen LogP contribution in [0.4, 0.5) is 0 Å². The van der Waals surface area contributed by atoms with Gasteiger partial charge in [-0.15, -0.1) is 0 Å². The molecule has 0 unspecified atom stereocenters. The van der Waals surface area contributed by atoms with Crippen molar-refractivity contribution in [2.24, 2.45) is 0 Å². The summed E-state index contributed by atoms with van der Waals surface area (Å²) < 4.78 is 4.82. The van der Waals surface area contributed by atoms with Crippen molar-refractivity contribution >= 4 is 21.9 Å². The topological polar surface area (TPSA) is 26.3 Å². The number of hydrogen-bond acceptors (Lipinski definition) is 2. The summed E-state index contributed by atoms with van der Waals surface area (Å²) in [5, 5.41) is 0.972. The summed E-state index contributed by atoms with van der Waals surface area (Å²) in [6.45, 7) is 4.04. The maximum atomic E-state index is 11.0. The predicted octanol–water partition coefficient (Wildman–Crippen LogP) is 2.67. The minimum atomic E-state index is -0.202. The molecule has 0 rings (SSSR count). The van der Waals surface area contributed by atoms with Crippen molar-refractivity contribution in [2.75, 3.05) is 11.9 Å². The third-order valence-corrected chi connectivity index (χ3v) is 1.95. The Balaban J connectivity index is 3.74. The highest BCUT2D eigenvalue weighted by Gasteiger charge is 2.02. The molecular weight excluding hydrogens is 220 g/mol. The fourth-order valence-corrected chi connectivity index (χ4v) is 1.05. The van der Waals surface area contributed by atoms with E-state index in [0.29, 0.717) is 12.2 Å². The van der Waals surface area contributed by atoms with E-state index < -0.39 is 0 Å². The zero-order chi connectivity index (χ0) is 9.40. The smallest absolute Gasteiger partial charge is 0.333 e. The minimum absolute atomic E-state index is 0.202. The van der Waals surface area contributed by atoms with E-state index in [2.05, 4.69) is 15.9 Å². The molecule has 0 atom stereocenters. The molecule has 0 saturated carbocycles. The second-order valence-electron chi connectivity index (χ2n) is 2.44. The van der Waals surface area contributed by atoms with E-state index >= 15 is 0 Å². The minimum Gasteiger partial charge on any atom is -0.463 e. The van der Waals surface area contributed by atoms with Crippen LogP contribution in [0.15, 0.2) is 11.6 Å². The SMILES string of the molecule is CCOC(=O)/C(C)=C/CCCBr. The van der Waals surface area contributed by atoms with Crippen molar-refractivity contribution < 1.29 is 9.53 Å². The molecule has 70 valence electrons. The molecule has 0 radical (unpaired) electrons. The van der Waals surface area contributed by atoms with Crippen LogP contribution in [0.5, 0.6) is 0 Å². The first-order valence-corrected chi connectivity index (χ1v) is 5.24. The number of ether oxygens (including phenoxy) is 1. The van der Waals surface area contributed by atoms with Crippen LogP contribution in [0.25, 0.3) is 0 Å². The fourth-order valence-electron chi connectivity index (χ4n) is 0.724. The summed E-state index contributed by atoms with van der Waals surface area (Å²) >= 11 is 3.32. The first-order chi connectivity index (χ1) is 5.72. The van der Waals surface area contributed by atoms with Crippen LogP contribution in [0.1, 0.15) is 26.7 Å². The Morgan fingerprint density at radius 3 is 2.75 bits per heavy atom. The molecule has 3 heteroatoms. The first kappa shape index (κ1) is 11.7. The van der Waals surface area contributed by atoms with E-state index in [4.69, 9.17) is 4.74 Å². The molecule has 0 amide bonds. The van der Waals surface area contributed by atoms with Crippen molar-refractivity contribution in [3.05, 3.63) is 11.6 Å². The quantitative estimate of drug-likeness (QED) is 0.317. The molecule has 0 aliphatic rings. The van der Waals surface area contributed by atoms with Gasteiger partial charge in [0.25, 0.3) is 0 Å². The van der Waals surface area contributed by atoms with Crippen LogP contribution >= 0.6 is 15.9 Å². The van der Waals surface area contributed by atoms with Crippen molar-refractivity contribution in [1.82, 2.24) is 0 Å². The lowest BCUT2D eigenvalue weighted by Gasteiger charge is -2.00. The molecule has 0 heterocycles. The monoisotopic (exact) mass is 234 g/mol. The standard InChI is InChI=1S/C9H15BrO2/c1-3-12-9(11)8(2)6-4-5-7-10/h6H,3-5,7H2,1-2H3/b8-6+. The van der Waals surface area contributed by atoms with Gasteiger partial charge in [-0.25, -0.2) is 4.79 Å². The maximum Gasteiger partial charge on any atom is 0.333 e. The highest BCUT2D eigenvalue weighted by atomic mass is 79.9. The lowest BCUT2D eigenvalue weighted by molar-refractivity contribution is -0.138. The number of alkyl halides is 1. The lowest BCUT2D eigenvalue weighted by Crippen LogP contribution is -2.04. The van der Waals surface area contributed by atoms with Gasteiger partial charge in [0.2, 0.25) is 0 Å². The summed E-state index contributed by atoms with van der Waals surface area (Å²) in [6.07, 6.45) is 3.89.